The van der Waals surface area contributed by atoms with Gasteiger partial charge in [0.1, 0.15) is 0 Å². The van der Waals surface area contributed by atoms with Crippen molar-refractivity contribution in [2.45, 2.75) is 25.6 Å². The van der Waals surface area contributed by atoms with Crippen LogP contribution in [-0.4, -0.2) is 36.3 Å². The summed E-state index contributed by atoms with van der Waals surface area (Å²) in [7, 11) is 1.72. The molecule has 1 fully saturated rings. The third-order valence-corrected chi connectivity index (χ3v) is 3.57. The van der Waals surface area contributed by atoms with Crippen LogP contribution in [0.25, 0.3) is 0 Å². The van der Waals surface area contributed by atoms with E-state index >= 15 is 0 Å². The summed E-state index contributed by atoms with van der Waals surface area (Å²) in [6, 6.07) is 4.90. The summed E-state index contributed by atoms with van der Waals surface area (Å²) in [5, 5.41) is 20.0. The number of piperidine rings is 1. The highest BCUT2D eigenvalue weighted by atomic mass is 16.6. The van der Waals surface area contributed by atoms with Crippen LogP contribution in [0.15, 0.2) is 18.2 Å². The number of aliphatic hydroxyl groups excluding tert-OH is 1. The molecule has 6 heteroatoms. The zero-order valence-electron chi connectivity index (χ0n) is 10.9. The van der Waals surface area contributed by atoms with Gasteiger partial charge in [-0.1, -0.05) is 0 Å². The van der Waals surface area contributed by atoms with Crippen molar-refractivity contribution < 1.29 is 14.8 Å². The molecule has 1 aliphatic rings. The van der Waals surface area contributed by atoms with Crippen LogP contribution in [0.4, 0.5) is 11.4 Å². The fraction of sp³-hybridized carbons (Fsp3) is 0.538. The van der Waals surface area contributed by atoms with Crippen LogP contribution in [-0.2, 0) is 11.3 Å². The van der Waals surface area contributed by atoms with Gasteiger partial charge in [0.05, 0.1) is 23.2 Å². The summed E-state index contributed by atoms with van der Waals surface area (Å²) in [5.41, 5.74) is 1.25. The van der Waals surface area contributed by atoms with Crippen LogP contribution in [0.1, 0.15) is 18.4 Å². The Labute approximate surface area is 111 Å². The zero-order chi connectivity index (χ0) is 13.8. The Morgan fingerprint density at radius 2 is 2.16 bits per heavy atom. The molecule has 2 rings (SSSR count). The number of methoxy groups -OCH3 is 1. The number of nitro benzene ring substituents is 1. The lowest BCUT2D eigenvalue weighted by atomic mass is 10.1. The van der Waals surface area contributed by atoms with Gasteiger partial charge in [0.15, 0.2) is 0 Å². The van der Waals surface area contributed by atoms with E-state index in [1.807, 2.05) is 0 Å². The molecule has 104 valence electrons. The molecule has 0 spiro atoms. The topological polar surface area (TPSA) is 75.8 Å². The maximum Gasteiger partial charge on any atom is 0.275 e. The predicted octanol–water partition coefficient (Wildman–Crippen LogP) is 1.70. The number of benzene rings is 1. The predicted molar refractivity (Wildman–Crippen MR) is 71.3 cm³/mol. The zero-order valence-corrected chi connectivity index (χ0v) is 10.9. The van der Waals surface area contributed by atoms with Gasteiger partial charge in [-0.05, 0) is 25.0 Å². The van der Waals surface area contributed by atoms with Crippen molar-refractivity contribution in [3.05, 3.63) is 33.9 Å². The molecule has 0 saturated carbocycles. The summed E-state index contributed by atoms with van der Waals surface area (Å²) in [6.45, 7) is 1.40. The highest BCUT2D eigenvalue weighted by molar-refractivity contribution is 5.55. The molecule has 0 bridgehead atoms. The van der Waals surface area contributed by atoms with E-state index in [1.165, 1.54) is 6.07 Å². The molecule has 1 heterocycles. The van der Waals surface area contributed by atoms with Crippen LogP contribution >= 0.6 is 0 Å². The number of hydrogen-bond donors (Lipinski definition) is 1. The third kappa shape index (κ3) is 3.02. The highest BCUT2D eigenvalue weighted by Crippen LogP contribution is 2.27. The molecule has 1 aromatic carbocycles. The average Bonchev–Trinajstić information content (AvgIpc) is 2.46. The van der Waals surface area contributed by atoms with Gasteiger partial charge < -0.3 is 14.7 Å². The normalized spacial score (nSPS) is 16.6. The van der Waals surface area contributed by atoms with Crippen LogP contribution in [0.5, 0.6) is 0 Å². The first kappa shape index (κ1) is 13.8. The van der Waals surface area contributed by atoms with E-state index in [-0.39, 0.29) is 12.3 Å². The minimum atomic E-state index is -0.466. The van der Waals surface area contributed by atoms with E-state index in [0.717, 1.165) is 31.6 Å². The summed E-state index contributed by atoms with van der Waals surface area (Å²) < 4.78 is 5.31. The number of rotatable bonds is 4. The van der Waals surface area contributed by atoms with Gasteiger partial charge in [-0.3, -0.25) is 10.1 Å². The highest BCUT2D eigenvalue weighted by Gasteiger charge is 2.21. The molecule has 1 N–H and O–H groups in total. The van der Waals surface area contributed by atoms with Crippen molar-refractivity contribution in [2.24, 2.45) is 0 Å². The fourth-order valence-corrected chi connectivity index (χ4v) is 2.42. The molecule has 0 amide bonds. The lowest BCUT2D eigenvalue weighted by Gasteiger charge is -2.33. The van der Waals surface area contributed by atoms with Gasteiger partial charge in [-0.2, -0.15) is 0 Å². The second kappa shape index (κ2) is 5.99. The second-order valence-corrected chi connectivity index (χ2v) is 4.65. The van der Waals surface area contributed by atoms with Crippen LogP contribution < -0.4 is 4.90 Å². The lowest BCUT2D eigenvalue weighted by Crippen LogP contribution is -2.36. The number of nitrogens with zero attached hydrogens (tertiary/aromatic N) is 2. The first-order valence-electron chi connectivity index (χ1n) is 6.31. The monoisotopic (exact) mass is 266 g/mol. The Hall–Kier alpha value is -1.66. The smallest absolute Gasteiger partial charge is 0.275 e. The first-order chi connectivity index (χ1) is 9.15. The van der Waals surface area contributed by atoms with Crippen molar-refractivity contribution in [1.82, 2.24) is 0 Å². The Bertz CT molecular complexity index is 456. The number of aliphatic hydroxyl groups is 1. The number of anilines is 1. The van der Waals surface area contributed by atoms with Crippen LogP contribution in [0.2, 0.25) is 0 Å². The van der Waals surface area contributed by atoms with Crippen LogP contribution in [0.3, 0.4) is 0 Å². The first-order valence-corrected chi connectivity index (χ1v) is 6.31. The summed E-state index contributed by atoms with van der Waals surface area (Å²) in [4.78, 5) is 12.5. The SMILES string of the molecule is COC1CCN(c2ccc([N+](=O)[O-])c(CO)c2)CC1. The van der Waals surface area contributed by atoms with Gasteiger partial charge >= 0.3 is 0 Å². The molecule has 0 aliphatic carbocycles. The number of ether oxygens (including phenoxy) is 1. The summed E-state index contributed by atoms with van der Waals surface area (Å²) in [6.07, 6.45) is 2.19. The van der Waals surface area contributed by atoms with Gasteiger partial charge in [-0.15, -0.1) is 0 Å². The van der Waals surface area contributed by atoms with Gasteiger partial charge in [-0.25, -0.2) is 0 Å². The fourth-order valence-electron chi connectivity index (χ4n) is 2.42. The number of nitro groups is 1. The van der Waals surface area contributed by atoms with Crippen molar-refractivity contribution in [2.75, 3.05) is 25.1 Å². The Balaban J connectivity index is 2.15. The van der Waals surface area contributed by atoms with E-state index < -0.39 is 4.92 Å². The van der Waals surface area contributed by atoms with Crippen molar-refractivity contribution >= 4 is 11.4 Å². The van der Waals surface area contributed by atoms with Crippen LogP contribution in [0, 0.1) is 10.1 Å². The van der Waals surface area contributed by atoms with Crippen molar-refractivity contribution in [3.8, 4) is 0 Å². The Morgan fingerprint density at radius 3 is 2.68 bits per heavy atom. The van der Waals surface area contributed by atoms with Crippen molar-refractivity contribution in [1.29, 1.82) is 0 Å². The molecule has 19 heavy (non-hydrogen) atoms. The van der Waals surface area contributed by atoms with Gasteiger partial charge in [0.2, 0.25) is 0 Å². The molecule has 0 atom stereocenters. The van der Waals surface area contributed by atoms with E-state index in [0.29, 0.717) is 11.7 Å². The molecule has 1 aliphatic heterocycles. The van der Waals surface area contributed by atoms with E-state index in [2.05, 4.69) is 4.90 Å². The third-order valence-electron chi connectivity index (χ3n) is 3.57. The summed E-state index contributed by atoms with van der Waals surface area (Å²) in [5.74, 6) is 0. The Kier molecular flexibility index (Phi) is 4.34. The van der Waals surface area contributed by atoms with Crippen molar-refractivity contribution in [3.63, 3.8) is 0 Å². The lowest BCUT2D eigenvalue weighted by molar-refractivity contribution is -0.385. The molecular formula is C13H18N2O4. The minimum Gasteiger partial charge on any atom is -0.391 e. The maximum absolute atomic E-state index is 10.8. The molecule has 0 unspecified atom stereocenters. The van der Waals surface area contributed by atoms with E-state index in [9.17, 15) is 15.2 Å². The minimum absolute atomic E-state index is 0.0296. The molecule has 0 aromatic heterocycles. The van der Waals surface area contributed by atoms with Gasteiger partial charge in [0.25, 0.3) is 5.69 Å². The largest absolute Gasteiger partial charge is 0.391 e. The average molecular weight is 266 g/mol. The molecular weight excluding hydrogens is 248 g/mol. The number of hydrogen-bond acceptors (Lipinski definition) is 5. The molecule has 0 radical (unpaired) electrons. The van der Waals surface area contributed by atoms with Gasteiger partial charge in [0, 0.05) is 32.0 Å². The quantitative estimate of drug-likeness (QED) is 0.663. The van der Waals surface area contributed by atoms with E-state index in [1.54, 1.807) is 19.2 Å². The summed E-state index contributed by atoms with van der Waals surface area (Å²) >= 11 is 0. The molecule has 1 saturated heterocycles. The Morgan fingerprint density at radius 1 is 1.47 bits per heavy atom. The standard InChI is InChI=1S/C13H18N2O4/c1-19-12-4-6-14(7-5-12)11-2-3-13(15(17)18)10(8-11)9-16/h2-3,8,12,16H,4-7,9H2,1H3. The maximum atomic E-state index is 10.8. The second-order valence-electron chi connectivity index (χ2n) is 4.65. The molecule has 1 aromatic rings. The van der Waals surface area contributed by atoms with E-state index in [4.69, 9.17) is 4.74 Å². The molecule has 6 nitrogen and oxygen atoms in total.